The molecule has 1 saturated carbocycles. The molecule has 3 atom stereocenters. The number of ether oxygens (including phenoxy) is 1. The smallest absolute Gasteiger partial charge is 0.417 e. The number of likely N-dealkylation sites (tertiary alicyclic amines) is 1. The molecule has 3 aromatic rings. The number of benzene rings is 1. The third kappa shape index (κ3) is 3.77. The Kier molecular flexibility index (Phi) is 5.00. The lowest BCUT2D eigenvalue weighted by atomic mass is 9.95. The van der Waals surface area contributed by atoms with Gasteiger partial charge in [0.15, 0.2) is 0 Å². The molecule has 2 aromatic heterocycles. The Bertz CT molecular complexity index is 1170. The maximum Gasteiger partial charge on any atom is 0.417 e. The number of hydrogen-bond acceptors (Lipinski definition) is 5. The second kappa shape index (κ2) is 7.74. The first-order chi connectivity index (χ1) is 15.3. The van der Waals surface area contributed by atoms with Crippen molar-refractivity contribution in [2.24, 2.45) is 11.8 Å². The van der Waals surface area contributed by atoms with Crippen LogP contribution in [-0.2, 0) is 6.18 Å². The Labute approximate surface area is 181 Å². The third-order valence-electron chi connectivity index (χ3n) is 6.35. The number of alkyl halides is 3. The van der Waals surface area contributed by atoms with Gasteiger partial charge in [0.2, 0.25) is 5.88 Å². The number of aliphatic hydroxyl groups excluding tert-OH is 1. The second-order valence-corrected chi connectivity index (χ2v) is 8.32. The topological polar surface area (TPSA) is 75.5 Å². The van der Waals surface area contributed by atoms with E-state index in [1.165, 1.54) is 0 Å². The first-order valence-electron chi connectivity index (χ1n) is 10.4. The maximum atomic E-state index is 13.0. The monoisotopic (exact) mass is 443 g/mol. The van der Waals surface area contributed by atoms with Crippen LogP contribution in [0, 0.1) is 11.8 Å². The zero-order chi connectivity index (χ0) is 22.5. The fraction of sp³-hybridized carbons (Fsp3) is 0.348. The number of nitrogens with zero attached hydrogens (tertiary/aromatic N) is 3. The van der Waals surface area contributed by atoms with E-state index in [4.69, 9.17) is 4.74 Å². The molecule has 9 heteroatoms. The van der Waals surface area contributed by atoms with Gasteiger partial charge in [-0.15, -0.1) is 0 Å². The largest absolute Gasteiger partial charge is 0.439 e. The van der Waals surface area contributed by atoms with Crippen LogP contribution in [0.15, 0.2) is 48.7 Å². The van der Waals surface area contributed by atoms with Crippen molar-refractivity contribution < 1.29 is 27.8 Å². The standard InChI is InChI=1S/C23H20F3N3O3/c24-23(25,26)16-2-6-21(27-10-16)32-18-3-5-19-13(9-18)1-4-20(28-19)22(31)29-11-14-7-17(29)8-15(14)12-30/h1-6,9-10,14-15,17,30H,7-8,11-12H2/t14-,15?,17-/m1/s1. The van der Waals surface area contributed by atoms with Gasteiger partial charge in [-0.1, -0.05) is 6.07 Å². The minimum Gasteiger partial charge on any atom is -0.439 e. The molecule has 2 aliphatic rings. The molecule has 3 heterocycles. The molecule has 6 nitrogen and oxygen atoms in total. The molecule has 0 radical (unpaired) electrons. The number of amides is 1. The van der Waals surface area contributed by atoms with E-state index in [0.29, 0.717) is 29.4 Å². The molecule has 2 fully saturated rings. The van der Waals surface area contributed by atoms with Crippen molar-refractivity contribution in [3.8, 4) is 11.6 Å². The summed E-state index contributed by atoms with van der Waals surface area (Å²) in [7, 11) is 0. The van der Waals surface area contributed by atoms with Gasteiger partial charge in [-0.2, -0.15) is 13.2 Å². The molecule has 5 rings (SSSR count). The predicted octanol–water partition coefficient (Wildman–Crippen LogP) is 4.28. The van der Waals surface area contributed by atoms with Gasteiger partial charge in [0.1, 0.15) is 11.4 Å². The van der Waals surface area contributed by atoms with Gasteiger partial charge < -0.3 is 14.7 Å². The van der Waals surface area contributed by atoms with Crippen molar-refractivity contribution >= 4 is 16.8 Å². The Hall–Kier alpha value is -3.20. The number of aliphatic hydroxyl groups is 1. The predicted molar refractivity (Wildman–Crippen MR) is 109 cm³/mol. The molecule has 1 aliphatic carbocycles. The highest BCUT2D eigenvalue weighted by Gasteiger charge is 2.46. The molecule has 166 valence electrons. The van der Waals surface area contributed by atoms with E-state index < -0.39 is 11.7 Å². The van der Waals surface area contributed by atoms with Gasteiger partial charge in [-0.3, -0.25) is 4.79 Å². The summed E-state index contributed by atoms with van der Waals surface area (Å²) in [4.78, 5) is 23.0. The number of piperidine rings is 1. The van der Waals surface area contributed by atoms with Crippen LogP contribution in [0.2, 0.25) is 0 Å². The highest BCUT2D eigenvalue weighted by atomic mass is 19.4. The molecule has 1 saturated heterocycles. The first kappa shape index (κ1) is 20.7. The molecule has 1 N–H and O–H groups in total. The van der Waals surface area contributed by atoms with E-state index in [9.17, 15) is 23.1 Å². The van der Waals surface area contributed by atoms with Gasteiger partial charge in [0.05, 0.1) is 11.1 Å². The fourth-order valence-electron chi connectivity index (χ4n) is 4.69. The second-order valence-electron chi connectivity index (χ2n) is 8.32. The van der Waals surface area contributed by atoms with Crippen molar-refractivity contribution in [1.29, 1.82) is 0 Å². The fourth-order valence-corrected chi connectivity index (χ4v) is 4.69. The zero-order valence-electron chi connectivity index (χ0n) is 16.9. The number of carbonyl (C=O) groups is 1. The summed E-state index contributed by atoms with van der Waals surface area (Å²) in [6, 6.07) is 10.7. The molecule has 1 amide bonds. The van der Waals surface area contributed by atoms with E-state index in [0.717, 1.165) is 36.6 Å². The Morgan fingerprint density at radius 2 is 2.00 bits per heavy atom. The average Bonchev–Trinajstić information content (AvgIpc) is 3.39. The highest BCUT2D eigenvalue weighted by molar-refractivity contribution is 5.95. The van der Waals surface area contributed by atoms with Crippen molar-refractivity contribution in [2.45, 2.75) is 25.1 Å². The van der Waals surface area contributed by atoms with Crippen LogP contribution in [0.25, 0.3) is 10.9 Å². The van der Waals surface area contributed by atoms with E-state index >= 15 is 0 Å². The van der Waals surface area contributed by atoms with Gasteiger partial charge in [0, 0.05) is 36.8 Å². The molecule has 32 heavy (non-hydrogen) atoms. The van der Waals surface area contributed by atoms with E-state index in [1.807, 2.05) is 4.90 Å². The van der Waals surface area contributed by atoms with Crippen molar-refractivity contribution in [2.75, 3.05) is 13.2 Å². The Morgan fingerprint density at radius 3 is 2.66 bits per heavy atom. The number of halogens is 3. The number of rotatable bonds is 4. The number of fused-ring (bicyclic) bond motifs is 3. The highest BCUT2D eigenvalue weighted by Crippen LogP contribution is 2.42. The maximum absolute atomic E-state index is 13.0. The number of pyridine rings is 2. The van der Waals surface area contributed by atoms with Crippen LogP contribution < -0.4 is 4.74 Å². The van der Waals surface area contributed by atoms with E-state index in [-0.39, 0.29) is 30.4 Å². The molecule has 1 aliphatic heterocycles. The molecular weight excluding hydrogens is 423 g/mol. The summed E-state index contributed by atoms with van der Waals surface area (Å²) >= 11 is 0. The van der Waals surface area contributed by atoms with Crippen LogP contribution in [0.1, 0.15) is 28.9 Å². The summed E-state index contributed by atoms with van der Waals surface area (Å²) in [6.45, 7) is 0.825. The van der Waals surface area contributed by atoms with Crippen molar-refractivity contribution in [3.05, 3.63) is 59.9 Å². The average molecular weight is 443 g/mol. The van der Waals surface area contributed by atoms with Gasteiger partial charge >= 0.3 is 6.18 Å². The zero-order valence-corrected chi connectivity index (χ0v) is 16.9. The lowest BCUT2D eigenvalue weighted by Crippen LogP contribution is -2.41. The van der Waals surface area contributed by atoms with Crippen LogP contribution >= 0.6 is 0 Å². The van der Waals surface area contributed by atoms with Crippen LogP contribution in [-0.4, -0.2) is 45.1 Å². The Balaban J connectivity index is 1.31. The summed E-state index contributed by atoms with van der Waals surface area (Å²) in [5.41, 5.74) is 0.132. The van der Waals surface area contributed by atoms with Crippen LogP contribution in [0.4, 0.5) is 13.2 Å². The van der Waals surface area contributed by atoms with E-state index in [2.05, 4.69) is 9.97 Å². The quantitative estimate of drug-likeness (QED) is 0.651. The minimum absolute atomic E-state index is 0.0439. The summed E-state index contributed by atoms with van der Waals surface area (Å²) < 4.78 is 43.6. The van der Waals surface area contributed by atoms with Gasteiger partial charge in [0.25, 0.3) is 5.91 Å². The Morgan fingerprint density at radius 1 is 1.16 bits per heavy atom. The summed E-state index contributed by atoms with van der Waals surface area (Å²) in [5, 5.41) is 10.2. The minimum atomic E-state index is -4.45. The van der Waals surface area contributed by atoms with Crippen LogP contribution in [0.5, 0.6) is 11.6 Å². The van der Waals surface area contributed by atoms with Gasteiger partial charge in [-0.25, -0.2) is 9.97 Å². The normalized spacial score (nSPS) is 22.5. The number of carbonyl (C=O) groups excluding carboxylic acids is 1. The number of aromatic nitrogens is 2. The molecule has 1 unspecified atom stereocenters. The summed E-state index contributed by atoms with van der Waals surface area (Å²) in [6.07, 6.45) is -1.96. The number of hydrogen-bond donors (Lipinski definition) is 1. The van der Waals surface area contributed by atoms with Crippen molar-refractivity contribution in [3.63, 3.8) is 0 Å². The molecule has 0 spiro atoms. The van der Waals surface area contributed by atoms with Crippen molar-refractivity contribution in [1.82, 2.24) is 14.9 Å². The van der Waals surface area contributed by atoms with Crippen LogP contribution in [0.3, 0.4) is 0 Å². The SMILES string of the molecule is O=C(c1ccc2cc(Oc3ccc(C(F)(F)F)cn3)ccc2n1)N1C[C@H]2C[C@@H]1CC2CO. The molecule has 1 aromatic carbocycles. The summed E-state index contributed by atoms with van der Waals surface area (Å²) in [5.74, 6) is 0.976. The molecular formula is C23H20F3N3O3. The first-order valence-corrected chi connectivity index (χ1v) is 10.4. The lowest BCUT2D eigenvalue weighted by molar-refractivity contribution is -0.137. The van der Waals surface area contributed by atoms with Gasteiger partial charge in [-0.05, 0) is 55.0 Å². The third-order valence-corrected chi connectivity index (χ3v) is 6.35. The lowest BCUT2D eigenvalue weighted by Gasteiger charge is -2.30. The molecule has 2 bridgehead atoms. The van der Waals surface area contributed by atoms with E-state index in [1.54, 1.807) is 30.3 Å².